The fraction of sp³-hybridized carbons (Fsp3) is 0.500. The number of nitro groups is 1. The number of hydrogen-bond acceptors (Lipinski definition) is 4. The fourth-order valence-corrected chi connectivity index (χ4v) is 3.22. The zero-order valence-corrected chi connectivity index (χ0v) is 11.4. The summed E-state index contributed by atoms with van der Waals surface area (Å²) in [6.45, 7) is 2.05. The summed E-state index contributed by atoms with van der Waals surface area (Å²) < 4.78 is 12.2. The Balaban J connectivity index is 2.87. The van der Waals surface area contributed by atoms with Crippen molar-refractivity contribution in [3.8, 4) is 0 Å². The molecule has 0 heterocycles. The summed E-state index contributed by atoms with van der Waals surface area (Å²) >= 11 is 0. The molecule has 0 bridgehead atoms. The van der Waals surface area contributed by atoms with Crippen molar-refractivity contribution in [3.05, 3.63) is 34.4 Å². The van der Waals surface area contributed by atoms with Crippen LogP contribution in [0.15, 0.2) is 29.2 Å². The molecular weight excluding hydrogens is 252 g/mol. The number of rotatable bonds is 7. The third-order valence-corrected chi connectivity index (χ3v) is 4.25. The van der Waals surface area contributed by atoms with Gasteiger partial charge in [-0.2, -0.15) is 0 Å². The van der Waals surface area contributed by atoms with Crippen LogP contribution in [-0.2, 0) is 10.8 Å². The van der Waals surface area contributed by atoms with Crippen LogP contribution in [-0.4, -0.2) is 28.0 Å². The monoisotopic (exact) mass is 270 g/mol. The second kappa shape index (κ2) is 7.23. The Morgan fingerprint density at radius 3 is 2.67 bits per heavy atom. The van der Waals surface area contributed by atoms with Gasteiger partial charge in [-0.25, -0.2) is 0 Å². The molecule has 0 aliphatic heterocycles. The number of nitrogens with one attached hydrogen (secondary N) is 1. The highest BCUT2D eigenvalue weighted by molar-refractivity contribution is 7.85. The van der Waals surface area contributed by atoms with Gasteiger partial charge in [0.2, 0.25) is 0 Å². The van der Waals surface area contributed by atoms with Gasteiger partial charge in [-0.3, -0.25) is 14.3 Å². The molecule has 0 radical (unpaired) electrons. The maximum atomic E-state index is 12.2. The number of para-hydroxylation sites is 1. The molecule has 0 aliphatic carbocycles. The normalized spacial score (nSPS) is 14.1. The predicted octanol–water partition coefficient (Wildman–Crippen LogP) is 2.09. The minimum atomic E-state index is -1.35. The third-order valence-electron chi connectivity index (χ3n) is 2.71. The molecule has 0 saturated heterocycles. The second-order valence-corrected chi connectivity index (χ2v) is 5.48. The minimum Gasteiger partial charge on any atom is -0.316 e. The van der Waals surface area contributed by atoms with E-state index in [4.69, 9.17) is 0 Å². The zero-order chi connectivity index (χ0) is 13.5. The first kappa shape index (κ1) is 14.8. The van der Waals surface area contributed by atoms with Crippen LogP contribution in [0.4, 0.5) is 5.69 Å². The molecule has 0 saturated carbocycles. The standard InChI is InChI=1S/C12H18N2O3S/c1-3-6-10(13-2)9-18(17)12-8-5-4-7-11(12)14(15)16/h4-5,7-8,10,13H,3,6,9H2,1-2H3. The van der Waals surface area contributed by atoms with E-state index in [1.165, 1.54) is 6.07 Å². The lowest BCUT2D eigenvalue weighted by Crippen LogP contribution is -2.31. The van der Waals surface area contributed by atoms with E-state index in [-0.39, 0.29) is 11.7 Å². The van der Waals surface area contributed by atoms with Crippen molar-refractivity contribution >= 4 is 16.5 Å². The lowest BCUT2D eigenvalue weighted by atomic mass is 10.2. The average molecular weight is 270 g/mol. The molecule has 6 heteroatoms. The minimum absolute atomic E-state index is 0.0674. The van der Waals surface area contributed by atoms with Gasteiger partial charge in [0, 0.05) is 17.9 Å². The second-order valence-electron chi connectivity index (χ2n) is 4.01. The van der Waals surface area contributed by atoms with Gasteiger partial charge in [-0.05, 0) is 19.5 Å². The quantitative estimate of drug-likeness (QED) is 0.608. The summed E-state index contributed by atoms with van der Waals surface area (Å²) in [5.74, 6) is 0.398. The summed E-state index contributed by atoms with van der Waals surface area (Å²) in [4.78, 5) is 10.7. The molecule has 1 aromatic carbocycles. The van der Waals surface area contributed by atoms with E-state index < -0.39 is 15.7 Å². The van der Waals surface area contributed by atoms with Gasteiger partial charge >= 0.3 is 0 Å². The molecule has 2 atom stereocenters. The average Bonchev–Trinajstić information content (AvgIpc) is 2.38. The van der Waals surface area contributed by atoms with Gasteiger partial charge in [0.05, 0.1) is 15.7 Å². The molecule has 1 aromatic rings. The van der Waals surface area contributed by atoms with Crippen molar-refractivity contribution in [2.45, 2.75) is 30.7 Å². The van der Waals surface area contributed by atoms with Crippen molar-refractivity contribution in [3.63, 3.8) is 0 Å². The number of nitro benzene ring substituents is 1. The van der Waals surface area contributed by atoms with Crippen molar-refractivity contribution in [1.29, 1.82) is 0 Å². The van der Waals surface area contributed by atoms with Crippen molar-refractivity contribution < 1.29 is 9.13 Å². The molecule has 0 spiro atoms. The lowest BCUT2D eigenvalue weighted by molar-refractivity contribution is -0.387. The largest absolute Gasteiger partial charge is 0.316 e. The first-order chi connectivity index (χ1) is 8.60. The Morgan fingerprint density at radius 1 is 1.44 bits per heavy atom. The lowest BCUT2D eigenvalue weighted by Gasteiger charge is -2.14. The Bertz CT molecular complexity index is 437. The van der Waals surface area contributed by atoms with Crippen molar-refractivity contribution in [1.82, 2.24) is 5.32 Å². The highest BCUT2D eigenvalue weighted by Crippen LogP contribution is 2.22. The van der Waals surface area contributed by atoms with Crippen molar-refractivity contribution in [2.75, 3.05) is 12.8 Å². The summed E-state index contributed by atoms with van der Waals surface area (Å²) in [6, 6.07) is 6.33. The highest BCUT2D eigenvalue weighted by Gasteiger charge is 2.20. The smallest absolute Gasteiger partial charge is 0.285 e. The van der Waals surface area contributed by atoms with Crippen LogP contribution in [0.2, 0.25) is 0 Å². The molecule has 0 amide bonds. The van der Waals surface area contributed by atoms with Gasteiger partial charge in [0.1, 0.15) is 4.90 Å². The number of nitrogens with zero attached hydrogens (tertiary/aromatic N) is 1. The van der Waals surface area contributed by atoms with Gasteiger partial charge in [-0.1, -0.05) is 25.5 Å². The highest BCUT2D eigenvalue weighted by atomic mass is 32.2. The maximum Gasteiger partial charge on any atom is 0.285 e. The van der Waals surface area contributed by atoms with Crippen LogP contribution in [0.5, 0.6) is 0 Å². The fourth-order valence-electron chi connectivity index (χ4n) is 1.73. The molecule has 2 unspecified atom stereocenters. The van der Waals surface area contributed by atoms with Crippen LogP contribution < -0.4 is 5.32 Å². The van der Waals surface area contributed by atoms with E-state index in [2.05, 4.69) is 12.2 Å². The SMILES string of the molecule is CCCC(CS(=O)c1ccccc1[N+](=O)[O-])NC. The van der Waals surface area contributed by atoms with Crippen LogP contribution in [0.25, 0.3) is 0 Å². The van der Waals surface area contributed by atoms with E-state index in [9.17, 15) is 14.3 Å². The van der Waals surface area contributed by atoms with Gasteiger partial charge in [-0.15, -0.1) is 0 Å². The summed E-state index contributed by atoms with van der Waals surface area (Å²) in [6.07, 6.45) is 1.89. The Labute approximate surface area is 109 Å². The molecular formula is C12H18N2O3S. The van der Waals surface area contributed by atoms with E-state index in [0.29, 0.717) is 10.6 Å². The summed E-state index contributed by atoms with van der Waals surface area (Å²) in [7, 11) is 0.465. The first-order valence-corrected chi connectivity index (χ1v) is 7.21. The summed E-state index contributed by atoms with van der Waals surface area (Å²) in [5, 5.41) is 14.0. The van der Waals surface area contributed by atoms with E-state index in [0.717, 1.165) is 12.8 Å². The molecule has 1 N–H and O–H groups in total. The van der Waals surface area contributed by atoms with E-state index in [1.807, 2.05) is 7.05 Å². The first-order valence-electron chi connectivity index (χ1n) is 5.89. The van der Waals surface area contributed by atoms with Crippen molar-refractivity contribution in [2.24, 2.45) is 0 Å². The summed E-state index contributed by atoms with van der Waals surface area (Å²) in [5.41, 5.74) is -0.0674. The molecule has 0 aromatic heterocycles. The Morgan fingerprint density at radius 2 is 2.11 bits per heavy atom. The molecule has 0 fully saturated rings. The van der Waals surface area contributed by atoms with Crippen LogP contribution in [0, 0.1) is 10.1 Å². The van der Waals surface area contributed by atoms with Crippen LogP contribution >= 0.6 is 0 Å². The Kier molecular flexibility index (Phi) is 5.94. The number of benzene rings is 1. The third kappa shape index (κ3) is 3.89. The van der Waals surface area contributed by atoms with E-state index >= 15 is 0 Å². The molecule has 5 nitrogen and oxygen atoms in total. The maximum absolute atomic E-state index is 12.2. The molecule has 0 aliphatic rings. The van der Waals surface area contributed by atoms with E-state index in [1.54, 1.807) is 18.2 Å². The topological polar surface area (TPSA) is 72.2 Å². The predicted molar refractivity (Wildman–Crippen MR) is 72.1 cm³/mol. The number of hydrogen-bond donors (Lipinski definition) is 1. The van der Waals surface area contributed by atoms with Gasteiger partial charge < -0.3 is 5.32 Å². The van der Waals surface area contributed by atoms with Gasteiger partial charge in [0.15, 0.2) is 0 Å². The van der Waals surface area contributed by atoms with Gasteiger partial charge in [0.25, 0.3) is 5.69 Å². The zero-order valence-electron chi connectivity index (χ0n) is 10.6. The molecule has 18 heavy (non-hydrogen) atoms. The Hall–Kier alpha value is -1.27. The van der Waals surface area contributed by atoms with Crippen LogP contribution in [0.3, 0.4) is 0 Å². The molecule has 100 valence electrons. The molecule has 1 rings (SSSR count). The van der Waals surface area contributed by atoms with Crippen LogP contribution in [0.1, 0.15) is 19.8 Å².